The van der Waals surface area contributed by atoms with Crippen LogP contribution in [0.3, 0.4) is 0 Å². The highest BCUT2D eigenvalue weighted by atomic mass is 16.7. The van der Waals surface area contributed by atoms with Crippen molar-refractivity contribution in [2.24, 2.45) is 5.73 Å². The molecular weight excluding hydrogens is 178 g/mol. The van der Waals surface area contributed by atoms with E-state index in [-0.39, 0.29) is 6.04 Å². The molecule has 3 heteroatoms. The molecule has 14 heavy (non-hydrogen) atoms. The highest BCUT2D eigenvalue weighted by Gasteiger charge is 2.23. The predicted molar refractivity (Wildman–Crippen MR) is 54.6 cm³/mol. The van der Waals surface area contributed by atoms with Crippen LogP contribution >= 0.6 is 0 Å². The molecule has 0 saturated carbocycles. The standard InChI is InChI=1S/C11H15NO2/c1-6-4-9(8(3)12)11-10(7(6)2)13-5-14-11/h4,8H,5,12H2,1-3H3. The smallest absolute Gasteiger partial charge is 0.231 e. The lowest BCUT2D eigenvalue weighted by atomic mass is 10.00. The largest absolute Gasteiger partial charge is 0.453 e. The van der Waals surface area contributed by atoms with Crippen molar-refractivity contribution < 1.29 is 9.47 Å². The van der Waals surface area contributed by atoms with E-state index >= 15 is 0 Å². The quantitative estimate of drug-likeness (QED) is 0.742. The van der Waals surface area contributed by atoms with Crippen molar-refractivity contribution in [2.75, 3.05) is 6.79 Å². The maximum Gasteiger partial charge on any atom is 0.231 e. The summed E-state index contributed by atoms with van der Waals surface area (Å²) < 4.78 is 10.8. The topological polar surface area (TPSA) is 44.5 Å². The van der Waals surface area contributed by atoms with Crippen LogP contribution in [0.15, 0.2) is 6.07 Å². The minimum atomic E-state index is -0.0234. The third-order valence-electron chi connectivity index (χ3n) is 2.67. The fourth-order valence-corrected chi connectivity index (χ4v) is 1.70. The Hall–Kier alpha value is -1.22. The van der Waals surface area contributed by atoms with Crippen molar-refractivity contribution in [2.45, 2.75) is 26.8 Å². The number of hydrogen-bond donors (Lipinski definition) is 1. The molecule has 0 fully saturated rings. The molecule has 1 aromatic carbocycles. The van der Waals surface area contributed by atoms with E-state index in [2.05, 4.69) is 13.0 Å². The summed E-state index contributed by atoms with van der Waals surface area (Å²) >= 11 is 0. The zero-order valence-corrected chi connectivity index (χ0v) is 8.76. The van der Waals surface area contributed by atoms with Gasteiger partial charge >= 0.3 is 0 Å². The van der Waals surface area contributed by atoms with E-state index in [4.69, 9.17) is 15.2 Å². The molecule has 3 nitrogen and oxygen atoms in total. The monoisotopic (exact) mass is 193 g/mol. The number of aryl methyl sites for hydroxylation is 1. The van der Waals surface area contributed by atoms with Crippen molar-refractivity contribution in [1.82, 2.24) is 0 Å². The summed E-state index contributed by atoms with van der Waals surface area (Å²) in [5.41, 5.74) is 9.24. The molecule has 0 amide bonds. The van der Waals surface area contributed by atoms with Gasteiger partial charge in [-0.2, -0.15) is 0 Å². The molecular formula is C11H15NO2. The third kappa shape index (κ3) is 1.24. The second kappa shape index (κ2) is 3.17. The van der Waals surface area contributed by atoms with Gasteiger partial charge in [0.2, 0.25) is 6.79 Å². The zero-order valence-electron chi connectivity index (χ0n) is 8.76. The first kappa shape index (κ1) is 9.34. The SMILES string of the molecule is Cc1cc(C(C)N)c2c(c1C)OCO2. The molecule has 0 aromatic heterocycles. The summed E-state index contributed by atoms with van der Waals surface area (Å²) in [5.74, 6) is 1.68. The van der Waals surface area contributed by atoms with E-state index in [0.29, 0.717) is 6.79 Å². The molecule has 1 atom stereocenters. The van der Waals surface area contributed by atoms with Crippen LogP contribution < -0.4 is 15.2 Å². The molecule has 1 heterocycles. The Morgan fingerprint density at radius 3 is 2.57 bits per heavy atom. The molecule has 0 saturated heterocycles. The van der Waals surface area contributed by atoms with Gasteiger partial charge in [0, 0.05) is 11.6 Å². The Morgan fingerprint density at radius 2 is 1.93 bits per heavy atom. The average molecular weight is 193 g/mol. The minimum Gasteiger partial charge on any atom is -0.453 e. The van der Waals surface area contributed by atoms with Gasteiger partial charge in [0.15, 0.2) is 11.5 Å². The maximum atomic E-state index is 5.87. The van der Waals surface area contributed by atoms with Gasteiger partial charge in [-0.1, -0.05) is 6.07 Å². The Bertz CT molecular complexity index is 372. The first-order valence-corrected chi connectivity index (χ1v) is 4.76. The van der Waals surface area contributed by atoms with Crippen LogP contribution in [-0.2, 0) is 0 Å². The first-order valence-electron chi connectivity index (χ1n) is 4.76. The van der Waals surface area contributed by atoms with Crippen molar-refractivity contribution >= 4 is 0 Å². The van der Waals surface area contributed by atoms with Gasteiger partial charge in [-0.05, 0) is 31.9 Å². The number of rotatable bonds is 1. The van der Waals surface area contributed by atoms with Gasteiger partial charge in [0.25, 0.3) is 0 Å². The van der Waals surface area contributed by atoms with Gasteiger partial charge in [-0.3, -0.25) is 0 Å². The fourth-order valence-electron chi connectivity index (χ4n) is 1.70. The van der Waals surface area contributed by atoms with Crippen molar-refractivity contribution in [3.05, 3.63) is 22.8 Å². The van der Waals surface area contributed by atoms with E-state index in [1.165, 1.54) is 5.56 Å². The van der Waals surface area contributed by atoms with Crippen LogP contribution in [0.5, 0.6) is 11.5 Å². The third-order valence-corrected chi connectivity index (χ3v) is 2.67. The van der Waals surface area contributed by atoms with Crippen LogP contribution in [0.25, 0.3) is 0 Å². The molecule has 2 N–H and O–H groups in total. The van der Waals surface area contributed by atoms with Gasteiger partial charge < -0.3 is 15.2 Å². The van der Waals surface area contributed by atoms with Crippen molar-refractivity contribution in [3.63, 3.8) is 0 Å². The molecule has 1 aliphatic rings. The van der Waals surface area contributed by atoms with Gasteiger partial charge in [-0.25, -0.2) is 0 Å². The summed E-state index contributed by atoms with van der Waals surface area (Å²) in [6.07, 6.45) is 0. The lowest BCUT2D eigenvalue weighted by molar-refractivity contribution is 0.172. The van der Waals surface area contributed by atoms with Crippen LogP contribution in [0.2, 0.25) is 0 Å². The van der Waals surface area contributed by atoms with E-state index < -0.39 is 0 Å². The van der Waals surface area contributed by atoms with E-state index in [1.54, 1.807) is 0 Å². The summed E-state index contributed by atoms with van der Waals surface area (Å²) in [6, 6.07) is 2.05. The Labute approximate surface area is 83.8 Å². The molecule has 0 spiro atoms. The first-order chi connectivity index (χ1) is 6.61. The molecule has 0 radical (unpaired) electrons. The summed E-state index contributed by atoms with van der Waals surface area (Å²) in [6.45, 7) is 6.35. The normalized spacial score (nSPS) is 15.7. The Kier molecular flexibility index (Phi) is 2.11. The average Bonchev–Trinajstić information content (AvgIpc) is 2.59. The molecule has 0 aliphatic carbocycles. The van der Waals surface area contributed by atoms with Crippen LogP contribution in [0, 0.1) is 13.8 Å². The highest BCUT2D eigenvalue weighted by molar-refractivity contribution is 5.56. The van der Waals surface area contributed by atoms with Crippen LogP contribution in [0.1, 0.15) is 29.7 Å². The zero-order chi connectivity index (χ0) is 10.3. The fraction of sp³-hybridized carbons (Fsp3) is 0.455. The van der Waals surface area contributed by atoms with Crippen LogP contribution in [-0.4, -0.2) is 6.79 Å². The van der Waals surface area contributed by atoms with Gasteiger partial charge in [0.1, 0.15) is 0 Å². The number of hydrogen-bond acceptors (Lipinski definition) is 3. The van der Waals surface area contributed by atoms with Gasteiger partial charge in [-0.15, -0.1) is 0 Å². The predicted octanol–water partition coefficient (Wildman–Crippen LogP) is 2.05. The summed E-state index contributed by atoms with van der Waals surface area (Å²) in [5, 5.41) is 0. The maximum absolute atomic E-state index is 5.87. The second-order valence-electron chi connectivity index (χ2n) is 3.76. The van der Waals surface area contributed by atoms with Crippen molar-refractivity contribution in [3.8, 4) is 11.5 Å². The lowest BCUT2D eigenvalue weighted by Gasteiger charge is -2.12. The Balaban J connectivity index is 2.64. The number of benzene rings is 1. The van der Waals surface area contributed by atoms with Gasteiger partial charge in [0.05, 0.1) is 0 Å². The molecule has 1 aliphatic heterocycles. The van der Waals surface area contributed by atoms with E-state index in [0.717, 1.165) is 22.6 Å². The highest BCUT2D eigenvalue weighted by Crippen LogP contribution is 2.42. The summed E-state index contributed by atoms with van der Waals surface area (Å²) in [4.78, 5) is 0. The van der Waals surface area contributed by atoms with E-state index in [9.17, 15) is 0 Å². The number of nitrogens with two attached hydrogens (primary N) is 1. The number of ether oxygens (including phenoxy) is 2. The minimum absolute atomic E-state index is 0.0234. The second-order valence-corrected chi connectivity index (χ2v) is 3.76. The number of fused-ring (bicyclic) bond motifs is 1. The van der Waals surface area contributed by atoms with E-state index in [1.807, 2.05) is 13.8 Å². The summed E-state index contributed by atoms with van der Waals surface area (Å²) in [7, 11) is 0. The molecule has 1 unspecified atom stereocenters. The lowest BCUT2D eigenvalue weighted by Crippen LogP contribution is -2.07. The molecule has 1 aromatic rings. The van der Waals surface area contributed by atoms with Crippen LogP contribution in [0.4, 0.5) is 0 Å². The molecule has 2 rings (SSSR count). The molecule has 0 bridgehead atoms. The Morgan fingerprint density at radius 1 is 1.29 bits per heavy atom. The van der Waals surface area contributed by atoms with Crippen molar-refractivity contribution in [1.29, 1.82) is 0 Å². The molecule has 76 valence electrons.